The number of rotatable bonds is 9. The number of hydrogen-bond acceptors (Lipinski definition) is 5. The Morgan fingerprint density at radius 1 is 0.971 bits per heavy atom. The van der Waals surface area contributed by atoms with Crippen LogP contribution in [0.2, 0.25) is 0 Å². The number of benzene rings is 3. The number of nitrogens with zero attached hydrogens (tertiary/aromatic N) is 1. The molecule has 0 atom stereocenters. The number of ether oxygens (including phenoxy) is 1. The Kier molecular flexibility index (Phi) is 6.56. The van der Waals surface area contributed by atoms with Crippen LogP contribution in [0.3, 0.4) is 0 Å². The van der Waals surface area contributed by atoms with Crippen LogP contribution in [0.25, 0.3) is 0 Å². The van der Waals surface area contributed by atoms with Crippen LogP contribution in [-0.2, 0) is 16.6 Å². The number of methoxy groups -OCH3 is 1. The van der Waals surface area contributed by atoms with Crippen LogP contribution in [-0.4, -0.2) is 38.3 Å². The number of hydrogen-bond donors (Lipinski definition) is 2. The molecule has 0 spiro atoms. The van der Waals surface area contributed by atoms with Crippen LogP contribution in [0.15, 0.2) is 77.7 Å². The van der Waals surface area contributed by atoms with Gasteiger partial charge in [0.15, 0.2) is 0 Å². The summed E-state index contributed by atoms with van der Waals surface area (Å²) in [6.45, 7) is 0.387. The van der Waals surface area contributed by atoms with Crippen molar-refractivity contribution in [3.05, 3.63) is 89.5 Å². The number of nitrogens with one attached hydrogen (secondary N) is 1. The lowest BCUT2D eigenvalue weighted by Crippen LogP contribution is -2.32. The molecule has 3 aromatic carbocycles. The molecule has 3 aromatic rings. The van der Waals surface area contributed by atoms with Crippen molar-refractivity contribution in [2.45, 2.75) is 30.3 Å². The van der Waals surface area contributed by atoms with Gasteiger partial charge in [-0.2, -0.15) is 0 Å². The van der Waals surface area contributed by atoms with Gasteiger partial charge >= 0.3 is 0 Å². The average Bonchev–Trinajstić information content (AvgIpc) is 3.68. The fourth-order valence-corrected chi connectivity index (χ4v) is 4.67. The minimum atomic E-state index is -3.86. The van der Waals surface area contributed by atoms with Crippen LogP contribution in [0.5, 0.6) is 5.75 Å². The van der Waals surface area contributed by atoms with Gasteiger partial charge in [0.2, 0.25) is 5.91 Å². The molecule has 0 saturated heterocycles. The smallest absolute Gasteiger partial charge is 0.262 e. The number of carbonyl (C=O) groups excluding carboxylic acids is 2. The first-order valence-electron chi connectivity index (χ1n) is 10.7. The number of anilines is 1. The summed E-state index contributed by atoms with van der Waals surface area (Å²) >= 11 is 0. The minimum Gasteiger partial charge on any atom is -0.495 e. The van der Waals surface area contributed by atoms with Gasteiger partial charge in [0.05, 0.1) is 17.7 Å². The Hall–Kier alpha value is -3.85. The van der Waals surface area contributed by atoms with Gasteiger partial charge in [-0.25, -0.2) is 8.42 Å². The average molecular weight is 480 g/mol. The monoisotopic (exact) mass is 479 g/mol. The molecule has 0 unspecified atom stereocenters. The molecule has 176 valence electrons. The maximum absolute atomic E-state index is 13.2. The summed E-state index contributed by atoms with van der Waals surface area (Å²) in [5.74, 6) is -0.276. The van der Waals surface area contributed by atoms with Gasteiger partial charge in [-0.1, -0.05) is 24.3 Å². The Balaban J connectivity index is 1.50. The third-order valence-electron chi connectivity index (χ3n) is 5.60. The summed E-state index contributed by atoms with van der Waals surface area (Å²) in [5.41, 5.74) is 7.31. The highest BCUT2D eigenvalue weighted by Crippen LogP contribution is 2.30. The highest BCUT2D eigenvalue weighted by molar-refractivity contribution is 7.92. The predicted octanol–water partition coefficient (Wildman–Crippen LogP) is 3.40. The first-order chi connectivity index (χ1) is 16.3. The van der Waals surface area contributed by atoms with Crippen molar-refractivity contribution < 1.29 is 22.7 Å². The van der Waals surface area contributed by atoms with Crippen LogP contribution >= 0.6 is 0 Å². The molecule has 0 heterocycles. The van der Waals surface area contributed by atoms with Gasteiger partial charge in [0, 0.05) is 23.7 Å². The van der Waals surface area contributed by atoms with E-state index in [1.54, 1.807) is 53.4 Å². The topological polar surface area (TPSA) is 119 Å². The molecule has 1 aliphatic rings. The molecule has 0 radical (unpaired) electrons. The zero-order valence-electron chi connectivity index (χ0n) is 18.6. The molecule has 9 heteroatoms. The van der Waals surface area contributed by atoms with E-state index in [4.69, 9.17) is 10.5 Å². The van der Waals surface area contributed by atoms with E-state index in [2.05, 4.69) is 4.72 Å². The summed E-state index contributed by atoms with van der Waals surface area (Å²) in [4.78, 5) is 26.3. The van der Waals surface area contributed by atoms with Crippen LogP contribution < -0.4 is 15.2 Å². The fraction of sp³-hybridized carbons (Fsp3) is 0.200. The highest BCUT2D eigenvalue weighted by atomic mass is 32.2. The number of para-hydroxylation sites is 2. The largest absolute Gasteiger partial charge is 0.495 e. The third kappa shape index (κ3) is 5.20. The second kappa shape index (κ2) is 9.56. The molecule has 1 fully saturated rings. The van der Waals surface area contributed by atoms with Crippen LogP contribution in [0, 0.1) is 0 Å². The number of carbonyl (C=O) groups is 2. The van der Waals surface area contributed by atoms with Gasteiger partial charge in [-0.15, -0.1) is 0 Å². The summed E-state index contributed by atoms with van der Waals surface area (Å²) in [6.07, 6.45) is 1.83. The van der Waals surface area contributed by atoms with E-state index in [1.807, 2.05) is 0 Å². The van der Waals surface area contributed by atoms with Gasteiger partial charge in [0.1, 0.15) is 5.75 Å². The standard InChI is InChI=1S/C25H25N3O5S/c1-33-23-5-3-2-4-22(23)27-34(31,32)21-14-10-19(11-15-21)25(30)28(20-12-13-20)16-17-6-8-18(9-7-17)24(26)29/h2-11,14-15,20,27H,12-13,16H2,1H3,(H2,26,29). The van der Waals surface area contributed by atoms with Crippen LogP contribution in [0.1, 0.15) is 39.1 Å². The summed E-state index contributed by atoms with van der Waals surface area (Å²) in [7, 11) is -2.40. The highest BCUT2D eigenvalue weighted by Gasteiger charge is 2.33. The lowest BCUT2D eigenvalue weighted by Gasteiger charge is -2.23. The molecule has 34 heavy (non-hydrogen) atoms. The van der Waals surface area contributed by atoms with Crippen molar-refractivity contribution in [2.75, 3.05) is 11.8 Å². The molecular weight excluding hydrogens is 454 g/mol. The van der Waals surface area contributed by atoms with Crippen LogP contribution in [0.4, 0.5) is 5.69 Å². The molecular formula is C25H25N3O5S. The minimum absolute atomic E-state index is 0.0370. The van der Waals surface area contributed by atoms with Gasteiger partial charge in [-0.3, -0.25) is 14.3 Å². The molecule has 1 aliphatic carbocycles. The van der Waals surface area contributed by atoms with E-state index in [-0.39, 0.29) is 16.8 Å². The molecule has 4 rings (SSSR count). The lowest BCUT2D eigenvalue weighted by molar-refractivity contribution is 0.0729. The first kappa shape index (κ1) is 23.3. The molecule has 8 nitrogen and oxygen atoms in total. The van der Waals surface area contributed by atoms with Gasteiger partial charge < -0.3 is 15.4 Å². The Morgan fingerprint density at radius 2 is 1.59 bits per heavy atom. The van der Waals surface area contributed by atoms with E-state index in [9.17, 15) is 18.0 Å². The number of nitrogens with two attached hydrogens (primary N) is 1. The van der Waals surface area contributed by atoms with E-state index in [0.29, 0.717) is 29.1 Å². The fourth-order valence-electron chi connectivity index (χ4n) is 3.60. The summed E-state index contributed by atoms with van der Waals surface area (Å²) < 4.78 is 33.4. The van der Waals surface area contributed by atoms with Gasteiger partial charge in [0.25, 0.3) is 15.9 Å². The van der Waals surface area contributed by atoms with Crippen molar-refractivity contribution in [1.29, 1.82) is 0 Å². The van der Waals surface area contributed by atoms with Crippen molar-refractivity contribution in [1.82, 2.24) is 4.90 Å². The van der Waals surface area contributed by atoms with E-state index >= 15 is 0 Å². The SMILES string of the molecule is COc1ccccc1NS(=O)(=O)c1ccc(C(=O)N(Cc2ccc(C(N)=O)cc2)C2CC2)cc1. The predicted molar refractivity (Wildman–Crippen MR) is 128 cm³/mol. The number of primary amides is 1. The summed E-state index contributed by atoms with van der Waals surface area (Å²) in [5, 5.41) is 0. The van der Waals surface area contributed by atoms with E-state index < -0.39 is 15.9 Å². The number of amides is 2. The Labute approximate surface area is 198 Å². The Morgan fingerprint density at radius 3 is 2.18 bits per heavy atom. The lowest BCUT2D eigenvalue weighted by atomic mass is 10.1. The molecule has 3 N–H and O–H groups in total. The number of sulfonamides is 1. The van der Waals surface area contributed by atoms with E-state index in [1.165, 1.54) is 31.4 Å². The van der Waals surface area contributed by atoms with Crippen molar-refractivity contribution in [3.63, 3.8) is 0 Å². The molecule has 0 aliphatic heterocycles. The first-order valence-corrected chi connectivity index (χ1v) is 12.2. The van der Waals surface area contributed by atoms with Crippen molar-refractivity contribution in [3.8, 4) is 5.75 Å². The molecule has 0 aromatic heterocycles. The molecule has 2 amide bonds. The second-order valence-electron chi connectivity index (χ2n) is 8.06. The molecule has 1 saturated carbocycles. The van der Waals surface area contributed by atoms with Crippen molar-refractivity contribution in [2.24, 2.45) is 5.73 Å². The van der Waals surface area contributed by atoms with Gasteiger partial charge in [-0.05, 0) is 66.9 Å². The normalized spacial score (nSPS) is 13.2. The second-order valence-corrected chi connectivity index (χ2v) is 9.74. The third-order valence-corrected chi connectivity index (χ3v) is 6.98. The zero-order valence-corrected chi connectivity index (χ0v) is 19.4. The van der Waals surface area contributed by atoms with E-state index in [0.717, 1.165) is 18.4 Å². The zero-order chi connectivity index (χ0) is 24.3. The maximum Gasteiger partial charge on any atom is 0.262 e. The summed E-state index contributed by atoms with van der Waals surface area (Å²) in [6, 6.07) is 19.6. The van der Waals surface area contributed by atoms with Crippen molar-refractivity contribution >= 4 is 27.5 Å². The quantitative estimate of drug-likeness (QED) is 0.488. The maximum atomic E-state index is 13.2. The molecule has 0 bridgehead atoms. The Bertz CT molecular complexity index is 1300.